The fraction of sp³-hybridized carbons (Fsp3) is 0.538. The molecule has 3 heteroatoms. The Morgan fingerprint density at radius 2 is 1.94 bits per heavy atom. The molecule has 0 radical (unpaired) electrons. The number of hydrogen-bond donors (Lipinski definition) is 2. The average Bonchev–Trinajstić information content (AvgIpc) is 2.28. The predicted octanol–water partition coefficient (Wildman–Crippen LogP) is 2.50. The van der Waals surface area contributed by atoms with E-state index in [0.717, 1.165) is 36.4 Å². The summed E-state index contributed by atoms with van der Waals surface area (Å²) in [5.41, 5.74) is 3.47. The van der Waals surface area contributed by atoms with E-state index in [9.17, 15) is 0 Å². The van der Waals surface area contributed by atoms with Gasteiger partial charge in [0.15, 0.2) is 0 Å². The second-order valence-corrected chi connectivity index (χ2v) is 3.99. The number of ether oxygens (including phenoxy) is 1. The molecule has 0 aromatic heterocycles. The van der Waals surface area contributed by atoms with Gasteiger partial charge in [-0.05, 0) is 49.9 Å². The van der Waals surface area contributed by atoms with Gasteiger partial charge in [-0.2, -0.15) is 0 Å². The van der Waals surface area contributed by atoms with Gasteiger partial charge in [0.1, 0.15) is 5.75 Å². The van der Waals surface area contributed by atoms with E-state index in [1.165, 1.54) is 5.56 Å². The van der Waals surface area contributed by atoms with Crippen LogP contribution in [0.5, 0.6) is 5.75 Å². The lowest BCUT2D eigenvalue weighted by Crippen LogP contribution is -2.04. The molecule has 0 saturated carbocycles. The molecule has 1 aromatic carbocycles. The summed E-state index contributed by atoms with van der Waals surface area (Å²) in [7, 11) is 1.69. The average molecular weight is 223 g/mol. The normalized spacial score (nSPS) is 10.2. The molecule has 16 heavy (non-hydrogen) atoms. The Kier molecular flexibility index (Phi) is 5.12. The summed E-state index contributed by atoms with van der Waals surface area (Å²) in [4.78, 5) is 0. The van der Waals surface area contributed by atoms with Crippen LogP contribution in [-0.4, -0.2) is 25.4 Å². The van der Waals surface area contributed by atoms with Crippen LogP contribution in [0.15, 0.2) is 12.1 Å². The van der Waals surface area contributed by atoms with Crippen molar-refractivity contribution in [1.29, 1.82) is 0 Å². The van der Waals surface area contributed by atoms with Gasteiger partial charge in [0.05, 0.1) is 7.11 Å². The topological polar surface area (TPSA) is 41.5 Å². The monoisotopic (exact) mass is 223 g/mol. The Morgan fingerprint density at radius 1 is 1.19 bits per heavy atom. The molecule has 0 spiro atoms. The van der Waals surface area contributed by atoms with E-state index in [1.807, 2.05) is 13.0 Å². The lowest BCUT2D eigenvalue weighted by Gasteiger charge is -2.13. The van der Waals surface area contributed by atoms with Gasteiger partial charge < -0.3 is 15.2 Å². The van der Waals surface area contributed by atoms with E-state index in [1.54, 1.807) is 7.11 Å². The Morgan fingerprint density at radius 3 is 2.56 bits per heavy atom. The highest BCUT2D eigenvalue weighted by molar-refractivity contribution is 5.56. The van der Waals surface area contributed by atoms with E-state index >= 15 is 0 Å². The number of aliphatic hydroxyl groups is 1. The van der Waals surface area contributed by atoms with Crippen molar-refractivity contribution >= 4 is 5.69 Å². The van der Waals surface area contributed by atoms with Crippen LogP contribution in [-0.2, 0) is 0 Å². The number of hydrogen-bond acceptors (Lipinski definition) is 3. The highest BCUT2D eigenvalue weighted by Gasteiger charge is 2.03. The molecule has 2 N–H and O–H groups in total. The molecular weight excluding hydrogens is 202 g/mol. The summed E-state index contributed by atoms with van der Waals surface area (Å²) in [5.74, 6) is 0.929. The molecule has 0 aliphatic heterocycles. The third-order valence-electron chi connectivity index (χ3n) is 2.64. The van der Waals surface area contributed by atoms with Gasteiger partial charge in [0, 0.05) is 18.8 Å². The van der Waals surface area contributed by atoms with E-state index in [4.69, 9.17) is 9.84 Å². The molecule has 0 aliphatic carbocycles. The van der Waals surface area contributed by atoms with Crippen molar-refractivity contribution in [2.45, 2.75) is 26.7 Å². The summed E-state index contributed by atoms with van der Waals surface area (Å²) in [5, 5.41) is 12.1. The predicted molar refractivity (Wildman–Crippen MR) is 67.3 cm³/mol. The minimum absolute atomic E-state index is 0.266. The van der Waals surface area contributed by atoms with Gasteiger partial charge in [-0.25, -0.2) is 0 Å². The summed E-state index contributed by atoms with van der Waals surface area (Å²) < 4.78 is 5.26. The smallest absolute Gasteiger partial charge is 0.122 e. The molecule has 0 atom stereocenters. The number of aliphatic hydroxyl groups excluding tert-OH is 1. The van der Waals surface area contributed by atoms with E-state index in [2.05, 4.69) is 18.3 Å². The zero-order valence-electron chi connectivity index (χ0n) is 10.3. The van der Waals surface area contributed by atoms with Gasteiger partial charge in [-0.15, -0.1) is 0 Å². The summed E-state index contributed by atoms with van der Waals surface area (Å²) in [6.45, 7) is 5.27. The maximum atomic E-state index is 8.69. The number of rotatable bonds is 6. The molecule has 0 aliphatic rings. The molecule has 1 aromatic rings. The molecule has 1 rings (SSSR count). The van der Waals surface area contributed by atoms with Gasteiger partial charge in [-0.1, -0.05) is 0 Å². The first-order valence-corrected chi connectivity index (χ1v) is 5.69. The molecule has 0 fully saturated rings. The number of benzene rings is 1. The molecule has 90 valence electrons. The fourth-order valence-corrected chi connectivity index (χ4v) is 1.66. The zero-order chi connectivity index (χ0) is 12.0. The van der Waals surface area contributed by atoms with E-state index < -0.39 is 0 Å². The number of anilines is 1. The maximum absolute atomic E-state index is 8.69. The van der Waals surface area contributed by atoms with Gasteiger partial charge in [-0.3, -0.25) is 0 Å². The third-order valence-corrected chi connectivity index (χ3v) is 2.64. The Balaban J connectivity index is 2.63. The van der Waals surface area contributed by atoms with Crippen LogP contribution in [0.25, 0.3) is 0 Å². The molecule has 0 amide bonds. The number of unbranched alkanes of at least 4 members (excludes halogenated alkanes) is 1. The van der Waals surface area contributed by atoms with Crippen molar-refractivity contribution in [2.75, 3.05) is 25.6 Å². The molecule has 3 nitrogen and oxygen atoms in total. The second kappa shape index (κ2) is 6.38. The summed E-state index contributed by atoms with van der Waals surface area (Å²) in [6, 6.07) is 4.15. The van der Waals surface area contributed by atoms with E-state index in [0.29, 0.717) is 0 Å². The first-order valence-electron chi connectivity index (χ1n) is 5.69. The SMILES string of the molecule is COc1cc(C)c(NCCCCO)cc1C. The molecule has 0 unspecified atom stereocenters. The van der Waals surface area contributed by atoms with Crippen LogP contribution in [0.4, 0.5) is 5.69 Å². The third kappa shape index (κ3) is 3.42. The van der Waals surface area contributed by atoms with Crippen molar-refractivity contribution in [3.05, 3.63) is 23.3 Å². The second-order valence-electron chi connectivity index (χ2n) is 3.99. The van der Waals surface area contributed by atoms with Crippen molar-refractivity contribution < 1.29 is 9.84 Å². The Bertz CT molecular complexity index is 337. The largest absolute Gasteiger partial charge is 0.496 e. The standard InChI is InChI=1S/C13H21NO2/c1-10-9-13(16-3)11(2)8-12(10)14-6-4-5-7-15/h8-9,14-15H,4-7H2,1-3H3. The van der Waals surface area contributed by atoms with Crippen LogP contribution in [0.2, 0.25) is 0 Å². The molecule has 0 saturated heterocycles. The summed E-state index contributed by atoms with van der Waals surface area (Å²) in [6.07, 6.45) is 1.84. The minimum Gasteiger partial charge on any atom is -0.496 e. The molecule has 0 heterocycles. The first-order chi connectivity index (χ1) is 7.69. The van der Waals surface area contributed by atoms with Crippen LogP contribution in [0, 0.1) is 13.8 Å². The van der Waals surface area contributed by atoms with Crippen LogP contribution in [0.1, 0.15) is 24.0 Å². The highest BCUT2D eigenvalue weighted by Crippen LogP contribution is 2.25. The van der Waals surface area contributed by atoms with Crippen LogP contribution >= 0.6 is 0 Å². The van der Waals surface area contributed by atoms with Crippen LogP contribution in [0.3, 0.4) is 0 Å². The quantitative estimate of drug-likeness (QED) is 0.728. The Labute approximate surface area is 97.4 Å². The van der Waals surface area contributed by atoms with Crippen molar-refractivity contribution in [3.63, 3.8) is 0 Å². The Hall–Kier alpha value is -1.22. The number of nitrogens with one attached hydrogen (secondary N) is 1. The number of methoxy groups -OCH3 is 1. The van der Waals surface area contributed by atoms with Gasteiger partial charge in [0.2, 0.25) is 0 Å². The maximum Gasteiger partial charge on any atom is 0.122 e. The van der Waals surface area contributed by atoms with Gasteiger partial charge in [0.25, 0.3) is 0 Å². The van der Waals surface area contributed by atoms with E-state index in [-0.39, 0.29) is 6.61 Å². The lowest BCUT2D eigenvalue weighted by atomic mass is 10.1. The van der Waals surface area contributed by atoms with Gasteiger partial charge >= 0.3 is 0 Å². The van der Waals surface area contributed by atoms with Crippen molar-refractivity contribution in [2.24, 2.45) is 0 Å². The lowest BCUT2D eigenvalue weighted by molar-refractivity contribution is 0.286. The number of aryl methyl sites for hydroxylation is 2. The van der Waals surface area contributed by atoms with Crippen molar-refractivity contribution in [3.8, 4) is 5.75 Å². The molecular formula is C13H21NO2. The fourth-order valence-electron chi connectivity index (χ4n) is 1.66. The first kappa shape index (κ1) is 12.8. The van der Waals surface area contributed by atoms with Crippen LogP contribution < -0.4 is 10.1 Å². The summed E-state index contributed by atoms with van der Waals surface area (Å²) >= 11 is 0. The van der Waals surface area contributed by atoms with Crippen molar-refractivity contribution in [1.82, 2.24) is 0 Å². The zero-order valence-corrected chi connectivity index (χ0v) is 10.3. The highest BCUT2D eigenvalue weighted by atomic mass is 16.5. The molecule has 0 bridgehead atoms. The minimum atomic E-state index is 0.266.